The van der Waals surface area contributed by atoms with E-state index in [9.17, 15) is 9.59 Å². The van der Waals surface area contributed by atoms with Crippen LogP contribution in [0.25, 0.3) is 11.4 Å². The van der Waals surface area contributed by atoms with E-state index in [0.717, 1.165) is 11.1 Å². The van der Waals surface area contributed by atoms with E-state index in [2.05, 4.69) is 20.6 Å². The lowest BCUT2D eigenvalue weighted by Crippen LogP contribution is -2.27. The van der Waals surface area contributed by atoms with Crippen LogP contribution in [0.1, 0.15) is 36.0 Å². The first-order valence-electron chi connectivity index (χ1n) is 8.85. The molecule has 2 heterocycles. The molecule has 7 heteroatoms. The molecule has 0 aliphatic rings. The van der Waals surface area contributed by atoms with Gasteiger partial charge in [0, 0.05) is 11.0 Å². The van der Waals surface area contributed by atoms with Gasteiger partial charge in [-0.15, -0.1) is 11.3 Å². The van der Waals surface area contributed by atoms with Gasteiger partial charge in [-0.25, -0.2) is 9.97 Å². The van der Waals surface area contributed by atoms with Gasteiger partial charge in [-0.1, -0.05) is 51.1 Å². The number of thiophene rings is 1. The molecule has 0 spiro atoms. The number of aromatic nitrogens is 2. The molecule has 0 saturated heterocycles. The standard InChI is InChI=1S/C21H22N4O2S/c1-13-10-16(25-20(27)21(2,3)4)28-17(13)19(26)24-15-11-22-18(23-12-15)14-8-6-5-7-9-14/h5-12H,1-4H3,(H,24,26)(H,25,27). The van der Waals surface area contributed by atoms with Crippen LogP contribution in [0.2, 0.25) is 0 Å². The number of nitrogens with one attached hydrogen (secondary N) is 2. The van der Waals surface area contributed by atoms with Crippen molar-refractivity contribution in [1.29, 1.82) is 0 Å². The molecule has 6 nitrogen and oxygen atoms in total. The number of anilines is 2. The van der Waals surface area contributed by atoms with Crippen molar-refractivity contribution in [3.8, 4) is 11.4 Å². The molecule has 3 aromatic rings. The molecular weight excluding hydrogens is 372 g/mol. The van der Waals surface area contributed by atoms with Crippen LogP contribution in [0.5, 0.6) is 0 Å². The number of rotatable bonds is 4. The molecule has 1 aromatic carbocycles. The summed E-state index contributed by atoms with van der Waals surface area (Å²) in [6, 6.07) is 11.4. The lowest BCUT2D eigenvalue weighted by Gasteiger charge is -2.16. The van der Waals surface area contributed by atoms with Gasteiger partial charge in [0.2, 0.25) is 5.91 Å². The van der Waals surface area contributed by atoms with Gasteiger partial charge in [0.15, 0.2) is 5.82 Å². The van der Waals surface area contributed by atoms with Crippen LogP contribution in [0.3, 0.4) is 0 Å². The summed E-state index contributed by atoms with van der Waals surface area (Å²) < 4.78 is 0. The Morgan fingerprint density at radius 3 is 2.25 bits per heavy atom. The zero-order valence-corrected chi connectivity index (χ0v) is 17.1. The van der Waals surface area contributed by atoms with Gasteiger partial charge in [-0.3, -0.25) is 9.59 Å². The van der Waals surface area contributed by atoms with E-state index in [4.69, 9.17) is 0 Å². The van der Waals surface area contributed by atoms with Crippen molar-refractivity contribution in [3.63, 3.8) is 0 Å². The van der Waals surface area contributed by atoms with E-state index in [1.54, 1.807) is 18.5 Å². The van der Waals surface area contributed by atoms with Crippen molar-refractivity contribution in [2.75, 3.05) is 10.6 Å². The van der Waals surface area contributed by atoms with Crippen molar-refractivity contribution in [1.82, 2.24) is 9.97 Å². The van der Waals surface area contributed by atoms with Crippen LogP contribution in [-0.2, 0) is 4.79 Å². The molecule has 0 aliphatic heterocycles. The maximum atomic E-state index is 12.6. The Hall–Kier alpha value is -3.06. The van der Waals surface area contributed by atoms with E-state index in [-0.39, 0.29) is 11.8 Å². The highest BCUT2D eigenvalue weighted by atomic mass is 32.1. The second kappa shape index (κ2) is 7.90. The fraction of sp³-hybridized carbons (Fsp3) is 0.238. The lowest BCUT2D eigenvalue weighted by molar-refractivity contribution is -0.123. The smallest absolute Gasteiger partial charge is 0.266 e. The Balaban J connectivity index is 1.70. The third kappa shape index (κ3) is 4.61. The van der Waals surface area contributed by atoms with Gasteiger partial charge in [0.1, 0.15) is 0 Å². The molecule has 28 heavy (non-hydrogen) atoms. The largest absolute Gasteiger partial charge is 0.319 e. The van der Waals surface area contributed by atoms with Crippen LogP contribution >= 0.6 is 11.3 Å². The van der Waals surface area contributed by atoms with Crippen molar-refractivity contribution < 1.29 is 9.59 Å². The SMILES string of the molecule is Cc1cc(NC(=O)C(C)(C)C)sc1C(=O)Nc1cnc(-c2ccccc2)nc1. The van der Waals surface area contributed by atoms with Gasteiger partial charge in [0.25, 0.3) is 5.91 Å². The maximum absolute atomic E-state index is 12.6. The number of hydrogen-bond acceptors (Lipinski definition) is 5. The van der Waals surface area contributed by atoms with Gasteiger partial charge in [-0.05, 0) is 18.6 Å². The van der Waals surface area contributed by atoms with Crippen LogP contribution in [0.15, 0.2) is 48.8 Å². The molecule has 0 radical (unpaired) electrons. The van der Waals surface area contributed by atoms with E-state index in [1.165, 1.54) is 11.3 Å². The van der Waals surface area contributed by atoms with E-state index in [0.29, 0.717) is 21.4 Å². The first kappa shape index (κ1) is 19.7. The molecule has 2 aromatic heterocycles. The Kier molecular flexibility index (Phi) is 5.56. The van der Waals surface area contributed by atoms with Crippen molar-refractivity contribution >= 4 is 33.8 Å². The number of amides is 2. The van der Waals surface area contributed by atoms with Crippen LogP contribution in [0.4, 0.5) is 10.7 Å². The van der Waals surface area contributed by atoms with E-state index in [1.807, 2.05) is 58.0 Å². The first-order valence-corrected chi connectivity index (χ1v) is 9.66. The van der Waals surface area contributed by atoms with E-state index >= 15 is 0 Å². The minimum atomic E-state index is -0.502. The van der Waals surface area contributed by atoms with Crippen molar-refractivity contribution in [2.45, 2.75) is 27.7 Å². The number of carbonyl (C=O) groups excluding carboxylic acids is 2. The predicted molar refractivity (Wildman–Crippen MR) is 113 cm³/mol. The summed E-state index contributed by atoms with van der Waals surface area (Å²) in [5, 5.41) is 6.32. The van der Waals surface area contributed by atoms with Crippen molar-refractivity contribution in [2.24, 2.45) is 5.41 Å². The predicted octanol–water partition coefficient (Wildman–Crippen LogP) is 4.75. The summed E-state index contributed by atoms with van der Waals surface area (Å²) in [6.45, 7) is 7.37. The monoisotopic (exact) mass is 394 g/mol. The Morgan fingerprint density at radius 2 is 1.64 bits per heavy atom. The third-order valence-electron chi connectivity index (χ3n) is 3.98. The molecule has 0 aliphatic carbocycles. The second-order valence-electron chi connectivity index (χ2n) is 7.44. The summed E-state index contributed by atoms with van der Waals surface area (Å²) in [5.74, 6) is 0.249. The highest BCUT2D eigenvalue weighted by Gasteiger charge is 2.23. The molecule has 0 saturated carbocycles. The normalized spacial score (nSPS) is 11.1. The number of benzene rings is 1. The average molecular weight is 395 g/mol. The lowest BCUT2D eigenvalue weighted by atomic mass is 9.96. The number of carbonyl (C=O) groups is 2. The van der Waals surface area contributed by atoms with E-state index < -0.39 is 5.41 Å². The second-order valence-corrected chi connectivity index (χ2v) is 8.49. The summed E-state index contributed by atoms with van der Waals surface area (Å²) in [6.07, 6.45) is 3.16. The van der Waals surface area contributed by atoms with Gasteiger partial charge in [-0.2, -0.15) is 0 Å². The van der Waals surface area contributed by atoms with Crippen LogP contribution in [0, 0.1) is 12.3 Å². The maximum Gasteiger partial charge on any atom is 0.266 e. The van der Waals surface area contributed by atoms with Crippen LogP contribution in [-0.4, -0.2) is 21.8 Å². The summed E-state index contributed by atoms with van der Waals surface area (Å²) in [7, 11) is 0. The molecule has 144 valence electrons. The molecule has 0 fully saturated rings. The number of hydrogen-bond donors (Lipinski definition) is 2. The summed E-state index contributed by atoms with van der Waals surface area (Å²) in [5.41, 5.74) is 1.72. The molecule has 0 unspecified atom stereocenters. The number of aryl methyl sites for hydroxylation is 1. The molecule has 0 bridgehead atoms. The third-order valence-corrected chi connectivity index (χ3v) is 5.13. The molecule has 2 N–H and O–H groups in total. The average Bonchev–Trinajstić information content (AvgIpc) is 3.02. The molecule has 0 atom stereocenters. The van der Waals surface area contributed by atoms with Gasteiger partial charge >= 0.3 is 0 Å². The quantitative estimate of drug-likeness (QED) is 0.669. The highest BCUT2D eigenvalue weighted by molar-refractivity contribution is 7.18. The zero-order chi connectivity index (χ0) is 20.3. The molecule has 2 amide bonds. The zero-order valence-electron chi connectivity index (χ0n) is 16.2. The Bertz CT molecular complexity index is 989. The minimum Gasteiger partial charge on any atom is -0.319 e. The Labute approximate surface area is 168 Å². The van der Waals surface area contributed by atoms with Crippen molar-refractivity contribution in [3.05, 3.63) is 59.2 Å². The number of nitrogens with zero attached hydrogens (tertiary/aromatic N) is 2. The van der Waals surface area contributed by atoms with Crippen LogP contribution < -0.4 is 10.6 Å². The first-order chi connectivity index (χ1) is 13.2. The fourth-order valence-electron chi connectivity index (χ4n) is 2.39. The minimum absolute atomic E-state index is 0.0920. The Morgan fingerprint density at radius 1 is 1.00 bits per heavy atom. The molecule has 3 rings (SSSR count). The highest BCUT2D eigenvalue weighted by Crippen LogP contribution is 2.29. The van der Waals surface area contributed by atoms with Gasteiger partial charge < -0.3 is 10.6 Å². The fourth-order valence-corrected chi connectivity index (χ4v) is 3.35. The summed E-state index contributed by atoms with van der Waals surface area (Å²) >= 11 is 1.25. The molecular formula is C21H22N4O2S. The topological polar surface area (TPSA) is 84.0 Å². The summed E-state index contributed by atoms with van der Waals surface area (Å²) in [4.78, 5) is 33.9. The van der Waals surface area contributed by atoms with Gasteiger partial charge in [0.05, 0.1) is 28.0 Å².